The average molecular weight is 395 g/mol. The lowest BCUT2D eigenvalue weighted by atomic mass is 9.95. The van der Waals surface area contributed by atoms with Crippen LogP contribution in [0, 0.1) is 11.7 Å². The van der Waals surface area contributed by atoms with Crippen molar-refractivity contribution in [1.29, 1.82) is 0 Å². The summed E-state index contributed by atoms with van der Waals surface area (Å²) in [6, 6.07) is 11.9. The third-order valence-corrected chi connectivity index (χ3v) is 5.33. The number of nitrogens with one attached hydrogen (secondary N) is 1. The molecule has 0 aromatic heterocycles. The van der Waals surface area contributed by atoms with Crippen molar-refractivity contribution in [3.8, 4) is 0 Å². The van der Waals surface area contributed by atoms with Crippen LogP contribution in [0.5, 0.6) is 0 Å². The highest BCUT2D eigenvalue weighted by Crippen LogP contribution is 2.22. The number of halogens is 3. The summed E-state index contributed by atoms with van der Waals surface area (Å²) >= 11 is 12.0. The van der Waals surface area contributed by atoms with Crippen molar-refractivity contribution in [2.75, 3.05) is 13.1 Å². The quantitative estimate of drug-likeness (QED) is 0.799. The summed E-state index contributed by atoms with van der Waals surface area (Å²) in [6.45, 7) is 2.91. The lowest BCUT2D eigenvalue weighted by Crippen LogP contribution is -2.40. The van der Waals surface area contributed by atoms with E-state index in [1.165, 1.54) is 12.1 Å². The van der Waals surface area contributed by atoms with Gasteiger partial charge in [0.05, 0.1) is 0 Å². The normalized spacial score (nSPS) is 15.8. The highest BCUT2D eigenvalue weighted by Gasteiger charge is 2.24. The van der Waals surface area contributed by atoms with E-state index in [0.29, 0.717) is 16.6 Å². The molecule has 1 heterocycles. The van der Waals surface area contributed by atoms with E-state index in [9.17, 15) is 9.18 Å². The predicted molar refractivity (Wildman–Crippen MR) is 103 cm³/mol. The van der Waals surface area contributed by atoms with E-state index >= 15 is 0 Å². The summed E-state index contributed by atoms with van der Waals surface area (Å²) in [5.41, 5.74) is 1.95. The molecular weight excluding hydrogens is 374 g/mol. The molecule has 6 heteroatoms. The maximum atomic E-state index is 13.0. The zero-order chi connectivity index (χ0) is 18.5. The molecule has 0 aliphatic carbocycles. The Labute approximate surface area is 163 Å². The first kappa shape index (κ1) is 19.2. The molecule has 0 unspecified atom stereocenters. The minimum atomic E-state index is -0.218. The van der Waals surface area contributed by atoms with Crippen molar-refractivity contribution >= 4 is 29.1 Å². The van der Waals surface area contributed by atoms with Gasteiger partial charge in [-0.25, -0.2) is 4.39 Å². The Balaban J connectivity index is 1.45. The number of benzene rings is 2. The van der Waals surface area contributed by atoms with Crippen LogP contribution in [-0.2, 0) is 17.9 Å². The first-order valence-corrected chi connectivity index (χ1v) is 9.45. The molecule has 0 atom stereocenters. The third-order valence-electron chi connectivity index (χ3n) is 4.75. The Bertz CT molecular complexity index is 759. The number of nitrogens with zero attached hydrogens (tertiary/aromatic N) is 1. The summed E-state index contributed by atoms with van der Waals surface area (Å²) in [5, 5.41) is 4.12. The fourth-order valence-corrected chi connectivity index (χ4v) is 3.67. The van der Waals surface area contributed by atoms with Gasteiger partial charge in [0.15, 0.2) is 0 Å². The Hall–Kier alpha value is -1.62. The molecule has 1 saturated heterocycles. The molecule has 26 heavy (non-hydrogen) atoms. The standard InChI is InChI=1S/C20H21Cl2FN2O/c21-17-4-3-16(19(22)11-17)12-24-20(26)15-7-9-25(10-8-15)13-14-1-5-18(23)6-2-14/h1-6,11,15H,7-10,12-13H2,(H,24,26). The minimum absolute atomic E-state index is 0.0190. The van der Waals surface area contributed by atoms with Crippen molar-refractivity contribution in [1.82, 2.24) is 10.2 Å². The number of carbonyl (C=O) groups excluding carboxylic acids is 1. The van der Waals surface area contributed by atoms with Gasteiger partial charge in [0.2, 0.25) is 5.91 Å². The van der Waals surface area contributed by atoms with Gasteiger partial charge < -0.3 is 5.32 Å². The van der Waals surface area contributed by atoms with Gasteiger partial charge in [-0.1, -0.05) is 41.4 Å². The second-order valence-corrected chi connectivity index (χ2v) is 7.47. The first-order valence-electron chi connectivity index (χ1n) is 8.69. The monoisotopic (exact) mass is 394 g/mol. The Morgan fingerprint density at radius 3 is 2.46 bits per heavy atom. The second kappa shape index (κ2) is 8.85. The van der Waals surface area contributed by atoms with Crippen LogP contribution in [0.1, 0.15) is 24.0 Å². The van der Waals surface area contributed by atoms with E-state index in [-0.39, 0.29) is 17.6 Å². The lowest BCUT2D eigenvalue weighted by molar-refractivity contribution is -0.126. The van der Waals surface area contributed by atoms with E-state index in [1.54, 1.807) is 12.1 Å². The van der Waals surface area contributed by atoms with Crippen LogP contribution in [0.15, 0.2) is 42.5 Å². The van der Waals surface area contributed by atoms with Gasteiger partial charge in [0.1, 0.15) is 5.82 Å². The number of amides is 1. The van der Waals surface area contributed by atoms with Gasteiger partial charge in [0.25, 0.3) is 0 Å². The average Bonchev–Trinajstić information content (AvgIpc) is 2.63. The van der Waals surface area contributed by atoms with Crippen LogP contribution in [0.2, 0.25) is 10.0 Å². The van der Waals surface area contributed by atoms with Crippen molar-refractivity contribution in [2.24, 2.45) is 5.92 Å². The molecule has 2 aromatic rings. The van der Waals surface area contributed by atoms with Gasteiger partial charge in [0, 0.05) is 29.1 Å². The van der Waals surface area contributed by atoms with E-state index in [0.717, 1.165) is 43.6 Å². The van der Waals surface area contributed by atoms with Gasteiger partial charge >= 0.3 is 0 Å². The summed E-state index contributed by atoms with van der Waals surface area (Å²) in [4.78, 5) is 14.7. The summed E-state index contributed by atoms with van der Waals surface area (Å²) < 4.78 is 13.0. The van der Waals surface area contributed by atoms with Crippen LogP contribution >= 0.6 is 23.2 Å². The molecule has 0 radical (unpaired) electrons. The lowest BCUT2D eigenvalue weighted by Gasteiger charge is -2.31. The smallest absolute Gasteiger partial charge is 0.223 e. The molecule has 0 spiro atoms. The second-order valence-electron chi connectivity index (χ2n) is 6.63. The zero-order valence-corrected chi connectivity index (χ0v) is 15.9. The molecule has 1 N–H and O–H groups in total. The third kappa shape index (κ3) is 5.19. The van der Waals surface area contributed by atoms with Crippen LogP contribution < -0.4 is 5.32 Å². The maximum Gasteiger partial charge on any atom is 0.223 e. The number of carbonyl (C=O) groups is 1. The number of hydrogen-bond acceptors (Lipinski definition) is 2. The number of likely N-dealkylation sites (tertiary alicyclic amines) is 1. The molecule has 1 amide bonds. The molecule has 1 aliphatic rings. The summed E-state index contributed by atoms with van der Waals surface area (Å²) in [6.07, 6.45) is 1.64. The highest BCUT2D eigenvalue weighted by molar-refractivity contribution is 6.35. The summed E-state index contributed by atoms with van der Waals surface area (Å²) in [5.74, 6) is -0.132. The zero-order valence-electron chi connectivity index (χ0n) is 14.4. The fraction of sp³-hybridized carbons (Fsp3) is 0.350. The van der Waals surface area contributed by atoms with Crippen LogP contribution in [0.4, 0.5) is 4.39 Å². The van der Waals surface area contributed by atoms with Crippen molar-refractivity contribution < 1.29 is 9.18 Å². The SMILES string of the molecule is O=C(NCc1ccc(Cl)cc1Cl)C1CCN(Cc2ccc(F)cc2)CC1. The van der Waals surface area contributed by atoms with Gasteiger partial charge in [-0.15, -0.1) is 0 Å². The first-order chi connectivity index (χ1) is 12.5. The topological polar surface area (TPSA) is 32.3 Å². The van der Waals surface area contributed by atoms with E-state index in [2.05, 4.69) is 10.2 Å². The van der Waals surface area contributed by atoms with E-state index in [1.807, 2.05) is 18.2 Å². The maximum absolute atomic E-state index is 13.0. The van der Waals surface area contributed by atoms with Gasteiger partial charge in [-0.3, -0.25) is 9.69 Å². The number of hydrogen-bond donors (Lipinski definition) is 1. The highest BCUT2D eigenvalue weighted by atomic mass is 35.5. The van der Waals surface area contributed by atoms with Crippen LogP contribution in [0.3, 0.4) is 0 Å². The molecular formula is C20H21Cl2FN2O. The molecule has 0 bridgehead atoms. The van der Waals surface area contributed by atoms with Gasteiger partial charge in [-0.05, 0) is 61.3 Å². The Morgan fingerprint density at radius 2 is 1.81 bits per heavy atom. The summed E-state index contributed by atoms with van der Waals surface area (Å²) in [7, 11) is 0. The molecule has 138 valence electrons. The molecule has 1 fully saturated rings. The van der Waals surface area contributed by atoms with Crippen molar-refractivity contribution in [3.63, 3.8) is 0 Å². The Morgan fingerprint density at radius 1 is 1.12 bits per heavy atom. The number of rotatable bonds is 5. The predicted octanol–water partition coefficient (Wildman–Crippen LogP) is 4.66. The van der Waals surface area contributed by atoms with Crippen LogP contribution in [-0.4, -0.2) is 23.9 Å². The van der Waals surface area contributed by atoms with E-state index < -0.39 is 0 Å². The molecule has 1 aliphatic heterocycles. The largest absolute Gasteiger partial charge is 0.352 e. The molecule has 3 nitrogen and oxygen atoms in total. The van der Waals surface area contributed by atoms with Crippen molar-refractivity contribution in [2.45, 2.75) is 25.9 Å². The molecule has 3 rings (SSSR count). The molecule has 2 aromatic carbocycles. The van der Waals surface area contributed by atoms with Crippen LogP contribution in [0.25, 0.3) is 0 Å². The fourth-order valence-electron chi connectivity index (χ4n) is 3.19. The number of piperidine rings is 1. The van der Waals surface area contributed by atoms with E-state index in [4.69, 9.17) is 23.2 Å². The minimum Gasteiger partial charge on any atom is -0.352 e. The van der Waals surface area contributed by atoms with Gasteiger partial charge in [-0.2, -0.15) is 0 Å². The van der Waals surface area contributed by atoms with Crippen molar-refractivity contribution in [3.05, 3.63) is 69.5 Å². The molecule has 0 saturated carbocycles. The Kier molecular flexibility index (Phi) is 6.52.